The molecule has 0 radical (unpaired) electrons. The maximum Gasteiger partial charge on any atom is 0.296 e. The molecule has 0 saturated carbocycles. The Morgan fingerprint density at radius 3 is 2.56 bits per heavy atom. The Kier molecular flexibility index (Phi) is 6.30. The first kappa shape index (κ1) is 23.6. The Morgan fingerprint density at radius 2 is 1.81 bits per heavy atom. The molecule has 3 saturated heterocycles. The summed E-state index contributed by atoms with van der Waals surface area (Å²) in [6.07, 6.45) is -2.00. The number of nitrogens with zero attached hydrogens (tertiary/aromatic N) is 2. The van der Waals surface area contributed by atoms with Gasteiger partial charge >= 0.3 is 0 Å². The Bertz CT molecular complexity index is 1250. The third-order valence-electron chi connectivity index (χ3n) is 6.28. The Morgan fingerprint density at radius 1 is 1.03 bits per heavy atom. The van der Waals surface area contributed by atoms with E-state index in [2.05, 4.69) is 15.0 Å². The van der Waals surface area contributed by atoms with Crippen LogP contribution in [0.4, 0.5) is 8.78 Å². The highest BCUT2D eigenvalue weighted by molar-refractivity contribution is 6.32. The van der Waals surface area contributed by atoms with Gasteiger partial charge in [-0.1, -0.05) is 11.6 Å². The van der Waals surface area contributed by atoms with Gasteiger partial charge in [0.05, 0.1) is 44.1 Å². The van der Waals surface area contributed by atoms with Crippen molar-refractivity contribution in [1.29, 1.82) is 0 Å². The molecule has 2 N–H and O–H groups in total. The van der Waals surface area contributed by atoms with E-state index >= 15 is 0 Å². The van der Waals surface area contributed by atoms with Crippen LogP contribution in [-0.2, 0) is 20.8 Å². The van der Waals surface area contributed by atoms with Gasteiger partial charge in [-0.25, -0.2) is 8.78 Å². The lowest BCUT2D eigenvalue weighted by atomic mass is 10.1. The number of aromatic nitrogens is 3. The largest absolute Gasteiger partial charge is 0.493 e. The van der Waals surface area contributed by atoms with Crippen LogP contribution in [0.5, 0.6) is 17.6 Å². The van der Waals surface area contributed by atoms with Gasteiger partial charge < -0.3 is 38.5 Å². The first-order valence-electron chi connectivity index (χ1n) is 11.4. The van der Waals surface area contributed by atoms with Crippen molar-refractivity contribution in [3.63, 3.8) is 0 Å². The monoisotopic (exact) mass is 525 g/mol. The number of aromatic amines is 1. The topological polar surface area (TPSA) is 117 Å². The molecule has 1 aromatic carbocycles. The summed E-state index contributed by atoms with van der Waals surface area (Å²) in [4.78, 5) is 11.5. The van der Waals surface area contributed by atoms with Crippen molar-refractivity contribution >= 4 is 22.8 Å². The van der Waals surface area contributed by atoms with Crippen molar-refractivity contribution in [1.82, 2.24) is 15.0 Å². The highest BCUT2D eigenvalue weighted by Crippen LogP contribution is 2.32. The second kappa shape index (κ2) is 9.60. The maximum atomic E-state index is 14.6. The zero-order valence-electron chi connectivity index (χ0n) is 18.8. The minimum Gasteiger partial charge on any atom is -0.493 e. The van der Waals surface area contributed by atoms with Crippen molar-refractivity contribution in [3.8, 4) is 17.6 Å². The van der Waals surface area contributed by atoms with Gasteiger partial charge in [-0.15, -0.1) is 0 Å². The number of hydrogen-bond donors (Lipinski definition) is 2. The van der Waals surface area contributed by atoms with Crippen molar-refractivity contribution in [3.05, 3.63) is 40.4 Å². The fourth-order valence-electron chi connectivity index (χ4n) is 4.26. The van der Waals surface area contributed by atoms with E-state index in [1.807, 2.05) is 0 Å². The number of ether oxygens (including phenoxy) is 6. The molecule has 3 aromatic rings. The van der Waals surface area contributed by atoms with Crippen LogP contribution in [0.3, 0.4) is 0 Å². The Labute approximate surface area is 208 Å². The molecule has 0 spiro atoms. The van der Waals surface area contributed by atoms with Gasteiger partial charge in [-0.2, -0.15) is 9.97 Å². The molecule has 36 heavy (non-hydrogen) atoms. The molecule has 0 amide bonds. The van der Waals surface area contributed by atoms with Crippen LogP contribution < -0.4 is 14.2 Å². The predicted octanol–water partition coefficient (Wildman–Crippen LogP) is 2.40. The van der Waals surface area contributed by atoms with E-state index in [1.165, 1.54) is 6.07 Å². The zero-order valence-corrected chi connectivity index (χ0v) is 19.5. The van der Waals surface area contributed by atoms with Crippen LogP contribution in [0.15, 0.2) is 18.2 Å². The van der Waals surface area contributed by atoms with E-state index in [-0.39, 0.29) is 53.0 Å². The van der Waals surface area contributed by atoms with Crippen LogP contribution in [0.2, 0.25) is 5.02 Å². The van der Waals surface area contributed by atoms with E-state index in [1.54, 1.807) is 0 Å². The molecule has 0 aliphatic carbocycles. The van der Waals surface area contributed by atoms with Crippen molar-refractivity contribution in [2.24, 2.45) is 5.92 Å². The number of aliphatic hydroxyl groups is 1. The third kappa shape index (κ3) is 4.55. The molecule has 192 valence electrons. The van der Waals surface area contributed by atoms with Gasteiger partial charge in [0.2, 0.25) is 5.88 Å². The van der Waals surface area contributed by atoms with E-state index in [4.69, 9.17) is 40.0 Å². The lowest BCUT2D eigenvalue weighted by molar-refractivity contribution is -0.0509. The number of fused-ring (bicyclic) bond motifs is 2. The number of pyridine rings is 1. The van der Waals surface area contributed by atoms with Crippen LogP contribution >= 0.6 is 11.6 Å². The molecule has 1 unspecified atom stereocenters. The van der Waals surface area contributed by atoms with E-state index < -0.39 is 42.7 Å². The molecular weight excluding hydrogens is 504 g/mol. The second-order valence-corrected chi connectivity index (χ2v) is 9.28. The normalized spacial score (nSPS) is 25.7. The van der Waals surface area contributed by atoms with Gasteiger partial charge in [-0.3, -0.25) is 0 Å². The first-order chi connectivity index (χ1) is 17.4. The van der Waals surface area contributed by atoms with Gasteiger partial charge in [0.25, 0.3) is 6.01 Å². The molecule has 3 aliphatic heterocycles. The molecule has 0 bridgehead atoms. The van der Waals surface area contributed by atoms with Gasteiger partial charge in [0.15, 0.2) is 11.8 Å². The molecule has 2 aromatic heterocycles. The van der Waals surface area contributed by atoms with Crippen LogP contribution in [0.25, 0.3) is 11.2 Å². The van der Waals surface area contributed by atoms with Crippen LogP contribution in [0, 0.1) is 17.6 Å². The summed E-state index contributed by atoms with van der Waals surface area (Å²) in [6.45, 7) is 1.46. The molecular formula is C23H22ClF2N3O7. The summed E-state index contributed by atoms with van der Waals surface area (Å²) in [5.74, 6) is -1.34. The molecule has 5 heterocycles. The highest BCUT2D eigenvalue weighted by atomic mass is 35.5. The molecule has 3 fully saturated rings. The number of H-pyrrole nitrogens is 1. The summed E-state index contributed by atoms with van der Waals surface area (Å²) >= 11 is 6.27. The molecule has 13 heteroatoms. The van der Waals surface area contributed by atoms with Crippen molar-refractivity contribution < 1.29 is 42.3 Å². The summed E-state index contributed by atoms with van der Waals surface area (Å²) in [6, 6.07) is 3.91. The van der Waals surface area contributed by atoms with Crippen molar-refractivity contribution in [2.45, 2.75) is 31.0 Å². The van der Waals surface area contributed by atoms with E-state index in [0.717, 1.165) is 12.1 Å². The predicted molar refractivity (Wildman–Crippen MR) is 119 cm³/mol. The number of halogens is 3. The summed E-state index contributed by atoms with van der Waals surface area (Å²) in [7, 11) is 0. The average molecular weight is 526 g/mol. The lowest BCUT2D eigenvalue weighted by Gasteiger charge is -2.25. The number of aliphatic hydroxyl groups excluding tert-OH is 1. The van der Waals surface area contributed by atoms with Crippen LogP contribution in [0.1, 0.15) is 5.56 Å². The average Bonchev–Trinajstić information content (AvgIpc) is 3.49. The molecule has 4 atom stereocenters. The fraction of sp³-hybridized carbons (Fsp3) is 0.478. The van der Waals surface area contributed by atoms with Crippen LogP contribution in [-0.4, -0.2) is 77.5 Å². The van der Waals surface area contributed by atoms with E-state index in [9.17, 15) is 13.9 Å². The van der Waals surface area contributed by atoms with Gasteiger partial charge in [0, 0.05) is 18.1 Å². The summed E-state index contributed by atoms with van der Waals surface area (Å²) < 4.78 is 62.1. The Balaban J connectivity index is 1.13. The van der Waals surface area contributed by atoms with Gasteiger partial charge in [-0.05, 0) is 6.07 Å². The van der Waals surface area contributed by atoms with Gasteiger partial charge in [0.1, 0.15) is 47.3 Å². The number of rotatable bonds is 8. The number of imidazole rings is 1. The Hall–Kier alpha value is -2.77. The number of nitrogens with one attached hydrogen (secondary N) is 1. The lowest BCUT2D eigenvalue weighted by Crippen LogP contribution is -2.34. The fourth-order valence-corrected chi connectivity index (χ4v) is 4.47. The SMILES string of the molecule is O[C@@H]1CO[C@H]2C1OC[C@H]2Oc1nc2nc(OCc3c(F)cc(OCC4COC4)cc3F)c(Cl)cc2[nH]1. The summed E-state index contributed by atoms with van der Waals surface area (Å²) in [5.41, 5.74) is 0.422. The number of benzene rings is 1. The smallest absolute Gasteiger partial charge is 0.296 e. The zero-order chi connectivity index (χ0) is 24.8. The maximum absolute atomic E-state index is 14.6. The molecule has 10 nitrogen and oxygen atoms in total. The third-order valence-corrected chi connectivity index (χ3v) is 6.55. The van der Waals surface area contributed by atoms with Crippen molar-refractivity contribution in [2.75, 3.05) is 33.0 Å². The molecule has 3 aliphatic rings. The quantitative estimate of drug-likeness (QED) is 0.457. The minimum atomic E-state index is -0.807. The molecule has 6 rings (SSSR count). The standard InChI is InChI=1S/C23H22ClF2N3O7/c24-13-3-16-21(29-23(27-16)36-18-9-34-19-17(30)8-33-20(18)19)28-22(13)35-7-12-14(25)1-11(2-15(12)26)32-6-10-4-31-5-10/h1-3,10,17-20,30H,4-9H2,(H,27,28,29)/t17-,18-,19?,20-/m1/s1. The summed E-state index contributed by atoms with van der Waals surface area (Å²) in [5, 5.41) is 9.99. The van der Waals surface area contributed by atoms with E-state index in [0.29, 0.717) is 25.3 Å². The minimum absolute atomic E-state index is 0.0437. The highest BCUT2D eigenvalue weighted by Gasteiger charge is 2.48. The second-order valence-electron chi connectivity index (χ2n) is 8.88. The first-order valence-corrected chi connectivity index (χ1v) is 11.8. The number of hydrogen-bond acceptors (Lipinski definition) is 9.